The summed E-state index contributed by atoms with van der Waals surface area (Å²) in [6.07, 6.45) is 3.19. The number of amides is 3. The molecule has 128 valence electrons. The van der Waals surface area contributed by atoms with Crippen molar-refractivity contribution in [2.75, 3.05) is 6.54 Å². The minimum Gasteiger partial charge on any atom is -0.330 e. The Labute approximate surface area is 145 Å². The zero-order chi connectivity index (χ0) is 18.0. The van der Waals surface area contributed by atoms with E-state index in [-0.39, 0.29) is 12.2 Å². The van der Waals surface area contributed by atoms with Crippen LogP contribution in [-0.2, 0) is 20.9 Å². The van der Waals surface area contributed by atoms with Gasteiger partial charge < -0.3 is 9.88 Å². The minimum atomic E-state index is -0.524. The summed E-state index contributed by atoms with van der Waals surface area (Å²) < 4.78 is 1.96. The Morgan fingerprint density at radius 3 is 2.68 bits per heavy atom. The molecule has 0 saturated carbocycles. The molecular weight excluding hydrogens is 320 g/mol. The summed E-state index contributed by atoms with van der Waals surface area (Å²) in [6, 6.07) is 9.94. The van der Waals surface area contributed by atoms with Crippen LogP contribution in [0, 0.1) is 6.92 Å². The molecular formula is C18H18N4O3. The molecule has 0 aliphatic carbocycles. The van der Waals surface area contributed by atoms with E-state index in [9.17, 15) is 14.4 Å². The van der Waals surface area contributed by atoms with Gasteiger partial charge in [-0.15, -0.1) is 0 Å². The van der Waals surface area contributed by atoms with Gasteiger partial charge in [0.25, 0.3) is 5.91 Å². The number of carbonyl (C=O) groups is 3. The highest BCUT2D eigenvalue weighted by Crippen LogP contribution is 2.15. The molecule has 3 rings (SSSR count). The van der Waals surface area contributed by atoms with Gasteiger partial charge in [0.05, 0.1) is 12.0 Å². The van der Waals surface area contributed by atoms with Crippen LogP contribution in [0.1, 0.15) is 23.9 Å². The molecule has 1 fully saturated rings. The molecule has 0 radical (unpaired) electrons. The smallest absolute Gasteiger partial charge is 0.277 e. The summed E-state index contributed by atoms with van der Waals surface area (Å²) in [5.41, 5.74) is 2.62. The van der Waals surface area contributed by atoms with Crippen LogP contribution in [0.25, 0.3) is 6.08 Å². The van der Waals surface area contributed by atoms with Crippen molar-refractivity contribution in [3.8, 4) is 0 Å². The van der Waals surface area contributed by atoms with Gasteiger partial charge in [0.2, 0.25) is 11.8 Å². The van der Waals surface area contributed by atoms with Crippen molar-refractivity contribution in [2.24, 2.45) is 0 Å². The maximum absolute atomic E-state index is 12.3. The third kappa shape index (κ3) is 3.50. The second-order valence-electron chi connectivity index (χ2n) is 5.85. The van der Waals surface area contributed by atoms with Gasteiger partial charge in [-0.05, 0) is 18.6 Å². The number of imide groups is 1. The Kier molecular flexibility index (Phi) is 4.47. The van der Waals surface area contributed by atoms with Gasteiger partial charge in [-0.2, -0.15) is 0 Å². The normalized spacial score (nSPS) is 16.2. The van der Waals surface area contributed by atoms with Gasteiger partial charge >= 0.3 is 0 Å². The number of piperazine rings is 1. The highest BCUT2D eigenvalue weighted by Gasteiger charge is 2.30. The number of hydrogen-bond acceptors (Lipinski definition) is 4. The molecule has 2 aromatic rings. The van der Waals surface area contributed by atoms with Crippen molar-refractivity contribution in [1.29, 1.82) is 0 Å². The van der Waals surface area contributed by atoms with E-state index in [0.717, 1.165) is 16.2 Å². The Balaban J connectivity index is 1.87. The summed E-state index contributed by atoms with van der Waals surface area (Å²) in [4.78, 5) is 40.8. The van der Waals surface area contributed by atoms with E-state index in [1.807, 2.05) is 41.8 Å². The predicted octanol–water partition coefficient (Wildman–Crippen LogP) is 1.09. The van der Waals surface area contributed by atoms with Gasteiger partial charge in [-0.3, -0.25) is 19.3 Å². The van der Waals surface area contributed by atoms with Crippen molar-refractivity contribution in [3.63, 3.8) is 0 Å². The first-order valence-electron chi connectivity index (χ1n) is 7.85. The number of imidazole rings is 1. The van der Waals surface area contributed by atoms with Gasteiger partial charge in [-0.25, -0.2) is 4.98 Å². The Bertz CT molecular complexity index is 868. The van der Waals surface area contributed by atoms with Crippen molar-refractivity contribution in [1.82, 2.24) is 19.8 Å². The number of hydrogen-bond donors (Lipinski definition) is 1. The second kappa shape index (κ2) is 6.72. The van der Waals surface area contributed by atoms with Gasteiger partial charge in [0, 0.05) is 19.2 Å². The molecule has 7 heteroatoms. The van der Waals surface area contributed by atoms with Crippen LogP contribution < -0.4 is 5.32 Å². The first kappa shape index (κ1) is 16.6. The van der Waals surface area contributed by atoms with Gasteiger partial charge in [0.15, 0.2) is 0 Å². The predicted molar refractivity (Wildman–Crippen MR) is 91.0 cm³/mol. The SMILES string of the molecule is CC(=O)N1CC(=O)NC(=Cc2ncn(Cc3ccccc3)c2C)C1=O. The van der Waals surface area contributed by atoms with Crippen LogP contribution in [0.3, 0.4) is 0 Å². The summed E-state index contributed by atoms with van der Waals surface area (Å²) in [5, 5.41) is 2.52. The molecule has 1 N–H and O–H groups in total. The fraction of sp³-hybridized carbons (Fsp3) is 0.222. The maximum atomic E-state index is 12.3. The fourth-order valence-electron chi connectivity index (χ4n) is 2.63. The van der Waals surface area contributed by atoms with E-state index < -0.39 is 17.7 Å². The lowest BCUT2D eigenvalue weighted by Crippen LogP contribution is -2.51. The molecule has 0 spiro atoms. The van der Waals surface area contributed by atoms with Crippen LogP contribution in [0.15, 0.2) is 42.4 Å². The quantitative estimate of drug-likeness (QED) is 0.849. The number of nitrogens with one attached hydrogen (secondary N) is 1. The third-order valence-corrected chi connectivity index (χ3v) is 4.05. The third-order valence-electron chi connectivity index (χ3n) is 4.05. The van der Waals surface area contributed by atoms with Gasteiger partial charge in [0.1, 0.15) is 12.2 Å². The second-order valence-corrected chi connectivity index (χ2v) is 5.85. The van der Waals surface area contributed by atoms with E-state index in [4.69, 9.17) is 0 Å². The lowest BCUT2D eigenvalue weighted by molar-refractivity contribution is -0.147. The van der Waals surface area contributed by atoms with Crippen molar-refractivity contribution < 1.29 is 14.4 Å². The van der Waals surface area contributed by atoms with E-state index in [2.05, 4.69) is 10.3 Å². The Morgan fingerprint density at radius 1 is 1.28 bits per heavy atom. The van der Waals surface area contributed by atoms with Crippen LogP contribution >= 0.6 is 0 Å². The number of carbonyl (C=O) groups excluding carboxylic acids is 3. The lowest BCUT2D eigenvalue weighted by atomic mass is 10.2. The maximum Gasteiger partial charge on any atom is 0.277 e. The van der Waals surface area contributed by atoms with Crippen LogP contribution in [0.5, 0.6) is 0 Å². The van der Waals surface area contributed by atoms with E-state index in [1.165, 1.54) is 13.0 Å². The molecule has 1 aromatic carbocycles. The average Bonchev–Trinajstić information content (AvgIpc) is 2.92. The number of rotatable bonds is 3. The number of aromatic nitrogens is 2. The van der Waals surface area contributed by atoms with Crippen molar-refractivity contribution in [2.45, 2.75) is 20.4 Å². The standard InChI is InChI=1S/C18H18N4O3/c1-12-15(19-11-21(12)9-14-6-4-3-5-7-14)8-16-18(25)22(13(2)23)10-17(24)20-16/h3-8,11H,9-10H2,1-2H3,(H,20,24). The van der Waals surface area contributed by atoms with Crippen LogP contribution in [0.4, 0.5) is 0 Å². The molecule has 1 aromatic heterocycles. The molecule has 0 unspecified atom stereocenters. The molecule has 3 amide bonds. The summed E-state index contributed by atoms with van der Waals surface area (Å²) >= 11 is 0. The van der Waals surface area contributed by atoms with E-state index >= 15 is 0 Å². The molecule has 1 saturated heterocycles. The first-order valence-corrected chi connectivity index (χ1v) is 7.85. The summed E-state index contributed by atoms with van der Waals surface area (Å²) in [7, 11) is 0. The minimum absolute atomic E-state index is 0.0551. The number of benzene rings is 1. The number of nitrogens with zero attached hydrogens (tertiary/aromatic N) is 3. The van der Waals surface area contributed by atoms with E-state index in [1.54, 1.807) is 6.33 Å². The monoisotopic (exact) mass is 338 g/mol. The fourth-order valence-corrected chi connectivity index (χ4v) is 2.63. The molecule has 1 aliphatic rings. The molecule has 7 nitrogen and oxygen atoms in total. The molecule has 1 aliphatic heterocycles. The molecule has 0 bridgehead atoms. The summed E-state index contributed by atoms with van der Waals surface area (Å²) in [5.74, 6) is -1.39. The highest BCUT2D eigenvalue weighted by atomic mass is 16.2. The van der Waals surface area contributed by atoms with Crippen LogP contribution in [0.2, 0.25) is 0 Å². The van der Waals surface area contributed by atoms with E-state index in [0.29, 0.717) is 12.2 Å². The highest BCUT2D eigenvalue weighted by molar-refractivity contribution is 6.12. The average molecular weight is 338 g/mol. The zero-order valence-corrected chi connectivity index (χ0v) is 14.0. The lowest BCUT2D eigenvalue weighted by Gasteiger charge is -2.25. The Hall–Kier alpha value is -3.22. The molecule has 25 heavy (non-hydrogen) atoms. The topological polar surface area (TPSA) is 84.3 Å². The first-order chi connectivity index (χ1) is 12.0. The largest absolute Gasteiger partial charge is 0.330 e. The van der Waals surface area contributed by atoms with Crippen LogP contribution in [-0.4, -0.2) is 38.7 Å². The zero-order valence-electron chi connectivity index (χ0n) is 14.0. The van der Waals surface area contributed by atoms with Crippen molar-refractivity contribution >= 4 is 23.8 Å². The molecule has 2 heterocycles. The summed E-state index contributed by atoms with van der Waals surface area (Å²) in [6.45, 7) is 3.55. The van der Waals surface area contributed by atoms with Crippen molar-refractivity contribution in [3.05, 3.63) is 59.3 Å². The van der Waals surface area contributed by atoms with Gasteiger partial charge in [-0.1, -0.05) is 30.3 Å². The Morgan fingerprint density at radius 2 is 2.00 bits per heavy atom. The molecule has 0 atom stereocenters.